The molecular weight excluding hydrogens is 262 g/mol. The van der Waals surface area contributed by atoms with Gasteiger partial charge in [0.15, 0.2) is 0 Å². The smallest absolute Gasteiger partial charge is 0.259 e. The van der Waals surface area contributed by atoms with Crippen LogP contribution < -0.4 is 0 Å². The number of halogens is 1. The summed E-state index contributed by atoms with van der Waals surface area (Å²) in [5, 5.41) is 0.147. The number of rotatable bonds is 4. The Morgan fingerprint density at radius 2 is 2.05 bits per heavy atom. The van der Waals surface area contributed by atoms with E-state index in [9.17, 15) is 4.79 Å². The van der Waals surface area contributed by atoms with Crippen molar-refractivity contribution in [2.24, 2.45) is 0 Å². The maximum Gasteiger partial charge on any atom is 0.259 e. The summed E-state index contributed by atoms with van der Waals surface area (Å²) in [4.78, 5) is 14.1. The average Bonchev–Trinajstić information content (AvgIpc) is 2.83. The summed E-state index contributed by atoms with van der Waals surface area (Å²) in [5.74, 6) is -0.107. The van der Waals surface area contributed by atoms with Crippen LogP contribution in [0.2, 0.25) is 5.22 Å². The Hall–Kier alpha value is -1.74. The minimum atomic E-state index is -0.107. The first kappa shape index (κ1) is 13.7. The van der Waals surface area contributed by atoms with Crippen LogP contribution >= 0.6 is 11.6 Å². The van der Waals surface area contributed by atoms with Crippen LogP contribution in [0.1, 0.15) is 28.4 Å². The number of amides is 1. The van der Waals surface area contributed by atoms with Gasteiger partial charge in [-0.3, -0.25) is 4.79 Å². The van der Waals surface area contributed by atoms with Gasteiger partial charge in [0.1, 0.15) is 0 Å². The number of benzene rings is 1. The van der Waals surface area contributed by atoms with Crippen LogP contribution in [-0.2, 0) is 6.54 Å². The van der Waals surface area contributed by atoms with Gasteiger partial charge in [-0.15, -0.1) is 0 Å². The van der Waals surface area contributed by atoms with Gasteiger partial charge >= 0.3 is 0 Å². The SMILES string of the molecule is CCN(Cc1ccccc1C)C(=O)c1ccoc1Cl. The maximum absolute atomic E-state index is 12.4. The minimum absolute atomic E-state index is 0.107. The molecule has 0 spiro atoms. The van der Waals surface area contributed by atoms with Crippen molar-refractivity contribution in [3.8, 4) is 0 Å². The highest BCUT2D eigenvalue weighted by Crippen LogP contribution is 2.20. The number of hydrogen-bond acceptors (Lipinski definition) is 2. The summed E-state index contributed by atoms with van der Waals surface area (Å²) in [7, 11) is 0. The monoisotopic (exact) mass is 277 g/mol. The van der Waals surface area contributed by atoms with E-state index in [4.69, 9.17) is 16.0 Å². The fraction of sp³-hybridized carbons (Fsp3) is 0.267. The first-order valence-corrected chi connectivity index (χ1v) is 6.58. The zero-order valence-corrected chi connectivity index (χ0v) is 11.8. The second kappa shape index (κ2) is 5.93. The molecule has 0 aliphatic carbocycles. The lowest BCUT2D eigenvalue weighted by atomic mass is 10.1. The standard InChI is InChI=1S/C15H16ClNO2/c1-3-17(10-12-7-5-4-6-11(12)2)15(18)13-8-9-19-14(13)16/h4-9H,3,10H2,1-2H3. The molecule has 0 bridgehead atoms. The molecule has 2 rings (SSSR count). The molecule has 19 heavy (non-hydrogen) atoms. The van der Waals surface area contributed by atoms with E-state index < -0.39 is 0 Å². The Labute approximate surface area is 117 Å². The van der Waals surface area contributed by atoms with E-state index in [1.54, 1.807) is 11.0 Å². The molecule has 1 aromatic heterocycles. The van der Waals surface area contributed by atoms with E-state index in [0.717, 1.165) is 5.56 Å². The summed E-state index contributed by atoms with van der Waals surface area (Å²) in [6.45, 7) is 5.18. The molecule has 1 amide bonds. The van der Waals surface area contributed by atoms with Gasteiger partial charge in [0, 0.05) is 13.1 Å². The molecule has 0 N–H and O–H groups in total. The molecule has 1 heterocycles. The predicted octanol–water partition coefficient (Wildman–Crippen LogP) is 3.90. The van der Waals surface area contributed by atoms with Gasteiger partial charge < -0.3 is 9.32 Å². The van der Waals surface area contributed by atoms with Crippen LogP contribution in [0.5, 0.6) is 0 Å². The van der Waals surface area contributed by atoms with Crippen molar-refractivity contribution in [1.29, 1.82) is 0 Å². The molecule has 3 nitrogen and oxygen atoms in total. The largest absolute Gasteiger partial charge is 0.452 e. The highest BCUT2D eigenvalue weighted by atomic mass is 35.5. The second-order valence-corrected chi connectivity index (χ2v) is 4.70. The Morgan fingerprint density at radius 1 is 1.32 bits per heavy atom. The number of furan rings is 1. The van der Waals surface area contributed by atoms with E-state index in [1.165, 1.54) is 11.8 Å². The number of carbonyl (C=O) groups is 1. The summed E-state index contributed by atoms with van der Waals surface area (Å²) >= 11 is 5.86. The van der Waals surface area contributed by atoms with Gasteiger partial charge in [-0.1, -0.05) is 24.3 Å². The number of hydrogen-bond donors (Lipinski definition) is 0. The number of aryl methyl sites for hydroxylation is 1. The van der Waals surface area contributed by atoms with Crippen molar-refractivity contribution in [1.82, 2.24) is 4.90 Å². The highest BCUT2D eigenvalue weighted by molar-refractivity contribution is 6.32. The van der Waals surface area contributed by atoms with Gasteiger partial charge in [0.25, 0.3) is 5.91 Å². The molecular formula is C15H16ClNO2. The number of nitrogens with zero attached hydrogens (tertiary/aromatic N) is 1. The molecule has 0 saturated heterocycles. The molecule has 0 radical (unpaired) electrons. The normalized spacial score (nSPS) is 10.5. The van der Waals surface area contributed by atoms with Crippen LogP contribution in [0.3, 0.4) is 0 Å². The van der Waals surface area contributed by atoms with Crippen LogP contribution in [0.4, 0.5) is 0 Å². The van der Waals surface area contributed by atoms with Crippen molar-refractivity contribution in [3.63, 3.8) is 0 Å². The Bertz CT molecular complexity index is 577. The Kier molecular flexibility index (Phi) is 4.27. The number of carbonyl (C=O) groups excluding carboxylic acids is 1. The van der Waals surface area contributed by atoms with Crippen molar-refractivity contribution in [3.05, 3.63) is 58.5 Å². The van der Waals surface area contributed by atoms with Crippen LogP contribution in [0, 0.1) is 6.92 Å². The third-order valence-electron chi connectivity index (χ3n) is 3.14. The molecule has 4 heteroatoms. The van der Waals surface area contributed by atoms with Gasteiger partial charge in [-0.25, -0.2) is 0 Å². The zero-order valence-electron chi connectivity index (χ0n) is 11.0. The Balaban J connectivity index is 2.20. The van der Waals surface area contributed by atoms with E-state index in [2.05, 4.69) is 0 Å². The van der Waals surface area contributed by atoms with Gasteiger partial charge in [0.05, 0.1) is 11.8 Å². The molecule has 100 valence electrons. The lowest BCUT2D eigenvalue weighted by Crippen LogP contribution is -2.30. The summed E-state index contributed by atoms with van der Waals surface area (Å²) in [6.07, 6.45) is 1.43. The molecule has 0 unspecified atom stereocenters. The minimum Gasteiger partial charge on any atom is -0.452 e. The van der Waals surface area contributed by atoms with Crippen LogP contribution in [0.15, 0.2) is 41.0 Å². The lowest BCUT2D eigenvalue weighted by Gasteiger charge is -2.21. The van der Waals surface area contributed by atoms with Crippen molar-refractivity contribution in [2.45, 2.75) is 20.4 Å². The zero-order chi connectivity index (χ0) is 13.8. The lowest BCUT2D eigenvalue weighted by molar-refractivity contribution is 0.0752. The second-order valence-electron chi connectivity index (χ2n) is 4.35. The quantitative estimate of drug-likeness (QED) is 0.849. The van der Waals surface area contributed by atoms with Crippen LogP contribution in [-0.4, -0.2) is 17.4 Å². The van der Waals surface area contributed by atoms with Gasteiger partial charge in [-0.2, -0.15) is 0 Å². The highest BCUT2D eigenvalue weighted by Gasteiger charge is 2.19. The third kappa shape index (κ3) is 2.99. The molecule has 0 aliphatic rings. The van der Waals surface area contributed by atoms with Crippen molar-refractivity contribution in [2.75, 3.05) is 6.54 Å². The first-order chi connectivity index (χ1) is 9.13. The van der Waals surface area contributed by atoms with Gasteiger partial charge in [0.2, 0.25) is 5.22 Å². The molecule has 0 saturated carbocycles. The van der Waals surface area contributed by atoms with Crippen molar-refractivity contribution >= 4 is 17.5 Å². The van der Waals surface area contributed by atoms with Crippen molar-refractivity contribution < 1.29 is 9.21 Å². The first-order valence-electron chi connectivity index (χ1n) is 6.20. The maximum atomic E-state index is 12.4. The molecule has 0 fully saturated rings. The molecule has 0 aliphatic heterocycles. The molecule has 0 atom stereocenters. The predicted molar refractivity (Wildman–Crippen MR) is 75.3 cm³/mol. The Morgan fingerprint density at radius 3 is 2.63 bits per heavy atom. The molecule has 2 aromatic rings. The van der Waals surface area contributed by atoms with E-state index >= 15 is 0 Å². The third-order valence-corrected chi connectivity index (χ3v) is 3.43. The van der Waals surface area contributed by atoms with E-state index in [0.29, 0.717) is 18.7 Å². The summed E-state index contributed by atoms with van der Waals surface area (Å²) < 4.78 is 4.97. The topological polar surface area (TPSA) is 33.5 Å². The van der Waals surface area contributed by atoms with Gasteiger partial charge in [-0.05, 0) is 42.6 Å². The average molecular weight is 278 g/mol. The fourth-order valence-corrected chi connectivity index (χ4v) is 2.13. The van der Waals surface area contributed by atoms with Crippen LogP contribution in [0.25, 0.3) is 0 Å². The summed E-state index contributed by atoms with van der Waals surface area (Å²) in [6, 6.07) is 9.64. The summed E-state index contributed by atoms with van der Waals surface area (Å²) in [5.41, 5.74) is 2.72. The van der Waals surface area contributed by atoms with E-state index in [1.807, 2.05) is 38.1 Å². The molecule has 1 aromatic carbocycles. The van der Waals surface area contributed by atoms with E-state index in [-0.39, 0.29) is 11.1 Å². The fourth-order valence-electron chi connectivity index (χ4n) is 1.94.